The lowest BCUT2D eigenvalue weighted by molar-refractivity contribution is -0.161. The average Bonchev–Trinajstić information content (AvgIpc) is 2.63. The van der Waals surface area contributed by atoms with Gasteiger partial charge in [-0.15, -0.1) is 0 Å². The molecule has 2 amide bonds. The van der Waals surface area contributed by atoms with Gasteiger partial charge in [0.25, 0.3) is 0 Å². The summed E-state index contributed by atoms with van der Waals surface area (Å²) in [6, 6.07) is 6.86. The molecule has 1 aromatic carbocycles. The third-order valence-electron chi connectivity index (χ3n) is 4.96. The summed E-state index contributed by atoms with van der Waals surface area (Å²) >= 11 is 0. The van der Waals surface area contributed by atoms with Crippen molar-refractivity contribution in [1.29, 1.82) is 0 Å². The largest absolute Gasteiger partial charge is 0.497 e. The molecule has 1 aliphatic heterocycles. The molecule has 0 unspecified atom stereocenters. The molecular weight excluding hydrogens is 336 g/mol. The van der Waals surface area contributed by atoms with Crippen LogP contribution in [-0.2, 0) is 11.2 Å². The highest BCUT2D eigenvalue weighted by Gasteiger charge is 2.50. The zero-order chi connectivity index (χ0) is 19.2. The number of methoxy groups -OCH3 is 1. The number of nitrogens with one attached hydrogen (secondary N) is 1. The first-order chi connectivity index (χ1) is 12.4. The van der Waals surface area contributed by atoms with Gasteiger partial charge < -0.3 is 25.2 Å². The molecule has 0 spiro atoms. The van der Waals surface area contributed by atoms with Gasteiger partial charge in [-0.25, -0.2) is 4.79 Å². The van der Waals surface area contributed by atoms with E-state index in [0.717, 1.165) is 18.4 Å². The molecular formula is C19H28N2O5. The van der Waals surface area contributed by atoms with Crippen LogP contribution >= 0.6 is 0 Å². The molecule has 1 saturated heterocycles. The molecule has 144 valence electrons. The number of amides is 2. The van der Waals surface area contributed by atoms with Crippen LogP contribution in [0.25, 0.3) is 0 Å². The predicted octanol–water partition coefficient (Wildman–Crippen LogP) is 1.89. The van der Waals surface area contributed by atoms with Crippen molar-refractivity contribution in [2.75, 3.05) is 26.7 Å². The number of unbranched alkanes of at least 4 members (excludes halogenated alkanes) is 1. The molecule has 7 heteroatoms. The maximum atomic E-state index is 12.4. The molecule has 1 aliphatic rings. The lowest BCUT2D eigenvalue weighted by atomic mass is 9.73. The van der Waals surface area contributed by atoms with Gasteiger partial charge in [-0.05, 0) is 37.0 Å². The van der Waals surface area contributed by atoms with Gasteiger partial charge in [0, 0.05) is 19.6 Å². The third kappa shape index (κ3) is 4.46. The summed E-state index contributed by atoms with van der Waals surface area (Å²) in [6.45, 7) is 2.91. The monoisotopic (exact) mass is 364 g/mol. The number of piperidine rings is 1. The molecule has 0 aliphatic carbocycles. The average molecular weight is 364 g/mol. The second-order valence-electron chi connectivity index (χ2n) is 6.80. The molecule has 0 radical (unpaired) electrons. The number of carboxylic acids is 1. The number of carbonyl (C=O) groups is 2. The molecule has 0 bridgehead atoms. The number of hydrogen-bond donors (Lipinski definition) is 3. The minimum atomic E-state index is -1.44. The summed E-state index contributed by atoms with van der Waals surface area (Å²) in [6.07, 6.45) is 1.17. The second-order valence-corrected chi connectivity index (χ2v) is 6.80. The van der Waals surface area contributed by atoms with Crippen LogP contribution in [0, 0.1) is 5.41 Å². The van der Waals surface area contributed by atoms with Crippen molar-refractivity contribution in [3.05, 3.63) is 29.8 Å². The van der Waals surface area contributed by atoms with Crippen molar-refractivity contribution in [2.45, 2.75) is 38.7 Å². The number of carbonyl (C=O) groups excluding carboxylic acids is 1. The van der Waals surface area contributed by atoms with Crippen LogP contribution in [0.15, 0.2) is 24.3 Å². The minimum absolute atomic E-state index is 0.0291. The number of likely N-dealkylation sites (tertiary alicyclic amines) is 1. The number of aliphatic hydroxyl groups is 1. The van der Waals surface area contributed by atoms with Crippen LogP contribution in [0.4, 0.5) is 4.79 Å². The van der Waals surface area contributed by atoms with E-state index in [1.807, 2.05) is 6.92 Å². The summed E-state index contributed by atoms with van der Waals surface area (Å²) in [5.74, 6) is -0.471. The Bertz CT molecular complexity index is 636. The smallest absolute Gasteiger partial charge is 0.317 e. The van der Waals surface area contributed by atoms with E-state index < -0.39 is 17.5 Å². The number of hydrogen-bond acceptors (Lipinski definition) is 4. The second kappa shape index (κ2) is 8.89. The Balaban J connectivity index is 2.20. The number of urea groups is 1. The van der Waals surface area contributed by atoms with Crippen molar-refractivity contribution in [3.8, 4) is 5.75 Å². The summed E-state index contributed by atoms with van der Waals surface area (Å²) in [7, 11) is 1.55. The van der Waals surface area contributed by atoms with Crippen LogP contribution < -0.4 is 10.1 Å². The Hall–Kier alpha value is -2.28. The highest BCUT2D eigenvalue weighted by Crippen LogP contribution is 2.35. The first-order valence-electron chi connectivity index (χ1n) is 9.00. The maximum Gasteiger partial charge on any atom is 0.317 e. The van der Waals surface area contributed by atoms with E-state index in [9.17, 15) is 19.8 Å². The number of ether oxygens (including phenoxy) is 1. The molecule has 1 aromatic rings. The fourth-order valence-electron chi connectivity index (χ4n) is 3.34. The Morgan fingerprint density at radius 3 is 2.85 bits per heavy atom. The Morgan fingerprint density at radius 1 is 1.42 bits per heavy atom. The molecule has 3 N–H and O–H groups in total. The summed E-state index contributed by atoms with van der Waals surface area (Å²) in [4.78, 5) is 26.0. The Kier molecular flexibility index (Phi) is 6.85. The van der Waals surface area contributed by atoms with Crippen LogP contribution in [0.3, 0.4) is 0 Å². The van der Waals surface area contributed by atoms with Crippen molar-refractivity contribution >= 4 is 12.0 Å². The van der Waals surface area contributed by atoms with Crippen molar-refractivity contribution < 1.29 is 24.5 Å². The van der Waals surface area contributed by atoms with E-state index in [-0.39, 0.29) is 25.4 Å². The van der Waals surface area contributed by atoms with Gasteiger partial charge in [-0.1, -0.05) is 25.5 Å². The molecule has 7 nitrogen and oxygen atoms in total. The van der Waals surface area contributed by atoms with E-state index in [1.165, 1.54) is 4.90 Å². The van der Waals surface area contributed by atoms with E-state index >= 15 is 0 Å². The van der Waals surface area contributed by atoms with E-state index in [1.54, 1.807) is 31.4 Å². The molecule has 0 saturated carbocycles. The van der Waals surface area contributed by atoms with Gasteiger partial charge in [0.1, 0.15) is 11.2 Å². The van der Waals surface area contributed by atoms with Crippen LogP contribution in [0.1, 0.15) is 31.7 Å². The molecule has 2 rings (SSSR count). The van der Waals surface area contributed by atoms with Crippen molar-refractivity contribution in [3.63, 3.8) is 0 Å². The first kappa shape index (κ1) is 20.0. The Labute approximate surface area is 154 Å². The lowest BCUT2D eigenvalue weighted by Gasteiger charge is -2.43. The van der Waals surface area contributed by atoms with E-state index in [2.05, 4.69) is 5.32 Å². The number of nitrogens with zero attached hydrogens (tertiary/aromatic N) is 1. The zero-order valence-corrected chi connectivity index (χ0v) is 15.4. The molecule has 26 heavy (non-hydrogen) atoms. The number of rotatable bonds is 7. The summed E-state index contributed by atoms with van der Waals surface area (Å²) < 4.78 is 5.19. The summed E-state index contributed by atoms with van der Waals surface area (Å²) in [5, 5.41) is 23.3. The third-order valence-corrected chi connectivity index (χ3v) is 4.96. The van der Waals surface area contributed by atoms with Gasteiger partial charge in [-0.2, -0.15) is 0 Å². The van der Waals surface area contributed by atoms with Crippen LogP contribution in [0.2, 0.25) is 0 Å². The quantitative estimate of drug-likeness (QED) is 0.642. The Morgan fingerprint density at radius 2 is 2.19 bits per heavy atom. The number of benzene rings is 1. The van der Waals surface area contributed by atoms with Crippen molar-refractivity contribution in [2.24, 2.45) is 5.41 Å². The normalized spacial score (nSPS) is 22.7. The van der Waals surface area contributed by atoms with Gasteiger partial charge in [0.05, 0.1) is 13.2 Å². The number of aliphatic hydroxyl groups excluding tert-OH is 1. The first-order valence-corrected chi connectivity index (χ1v) is 9.00. The van der Waals surface area contributed by atoms with Gasteiger partial charge in [0.2, 0.25) is 0 Å². The molecule has 1 heterocycles. The topological polar surface area (TPSA) is 99.1 Å². The SMILES string of the molecule is CCCCNC(=O)N1CC[C@@H](O)[C@](Cc2cccc(OC)c2)(C(=O)O)C1. The molecule has 2 atom stereocenters. The van der Waals surface area contributed by atoms with Crippen molar-refractivity contribution in [1.82, 2.24) is 10.2 Å². The van der Waals surface area contributed by atoms with E-state index in [0.29, 0.717) is 18.8 Å². The fourth-order valence-corrected chi connectivity index (χ4v) is 3.34. The number of aliphatic carboxylic acids is 1. The van der Waals surface area contributed by atoms with Gasteiger partial charge >= 0.3 is 12.0 Å². The maximum absolute atomic E-state index is 12.4. The van der Waals surface area contributed by atoms with Crippen LogP contribution in [-0.4, -0.2) is 60.0 Å². The minimum Gasteiger partial charge on any atom is -0.497 e. The van der Waals surface area contributed by atoms with Gasteiger partial charge in [-0.3, -0.25) is 4.79 Å². The molecule has 0 aromatic heterocycles. The van der Waals surface area contributed by atoms with Crippen LogP contribution in [0.5, 0.6) is 5.75 Å². The van der Waals surface area contributed by atoms with E-state index in [4.69, 9.17) is 4.74 Å². The van der Waals surface area contributed by atoms with Gasteiger partial charge in [0.15, 0.2) is 0 Å². The standard InChI is InChI=1S/C19H28N2O5/c1-3-4-9-20-18(25)21-10-8-16(22)19(13-21,17(23)24)12-14-6-5-7-15(11-14)26-2/h5-7,11,16,22H,3-4,8-10,12-13H2,1-2H3,(H,20,25)(H,23,24)/t16-,19-/m1/s1. The molecule has 1 fully saturated rings. The lowest BCUT2D eigenvalue weighted by Crippen LogP contribution is -2.59. The fraction of sp³-hybridized carbons (Fsp3) is 0.579. The highest BCUT2D eigenvalue weighted by atomic mass is 16.5. The zero-order valence-electron chi connectivity index (χ0n) is 15.4. The summed E-state index contributed by atoms with van der Waals surface area (Å²) in [5.41, 5.74) is -0.689. The highest BCUT2D eigenvalue weighted by molar-refractivity contribution is 5.79. The number of carboxylic acid groups (broad SMARTS) is 1. The predicted molar refractivity (Wildman–Crippen MR) is 97.3 cm³/mol.